The second kappa shape index (κ2) is 7.53. The van der Waals surface area contributed by atoms with E-state index >= 15 is 0 Å². The highest BCUT2D eigenvalue weighted by molar-refractivity contribution is 7.92. The highest BCUT2D eigenvalue weighted by atomic mass is 32.2. The molecule has 0 saturated carbocycles. The first-order valence-corrected chi connectivity index (χ1v) is 10.3. The zero-order valence-electron chi connectivity index (χ0n) is 15.4. The molecule has 3 rings (SSSR count). The molecule has 2 aromatic rings. The first kappa shape index (κ1) is 18.5. The Hall–Kier alpha value is -2.28. The van der Waals surface area contributed by atoms with Crippen molar-refractivity contribution in [2.24, 2.45) is 5.92 Å². The number of aromatic nitrogens is 1. The molecule has 1 N–H and O–H groups in total. The lowest BCUT2D eigenvalue weighted by Crippen LogP contribution is -2.32. The van der Waals surface area contributed by atoms with Crippen molar-refractivity contribution in [2.75, 3.05) is 29.8 Å². The Kier molecular flexibility index (Phi) is 5.36. The van der Waals surface area contributed by atoms with Crippen LogP contribution in [-0.2, 0) is 10.0 Å². The van der Waals surface area contributed by atoms with Crippen LogP contribution >= 0.6 is 0 Å². The zero-order chi connectivity index (χ0) is 18.7. The Labute approximate surface area is 155 Å². The van der Waals surface area contributed by atoms with E-state index in [1.54, 1.807) is 31.5 Å². The first-order valence-electron chi connectivity index (χ1n) is 8.77. The van der Waals surface area contributed by atoms with Crippen LogP contribution in [0.25, 0.3) is 0 Å². The number of hydrogen-bond donors (Lipinski definition) is 1. The smallest absolute Gasteiger partial charge is 0.263 e. The predicted molar refractivity (Wildman–Crippen MR) is 103 cm³/mol. The Morgan fingerprint density at radius 1 is 1.19 bits per heavy atom. The number of anilines is 2. The quantitative estimate of drug-likeness (QED) is 0.867. The zero-order valence-corrected chi connectivity index (χ0v) is 16.2. The van der Waals surface area contributed by atoms with Gasteiger partial charge in [-0.3, -0.25) is 4.72 Å². The number of nitrogens with zero attached hydrogens (tertiary/aromatic N) is 2. The largest absolute Gasteiger partial charge is 0.496 e. The van der Waals surface area contributed by atoms with Crippen LogP contribution in [0.15, 0.2) is 41.4 Å². The highest BCUT2D eigenvalue weighted by Crippen LogP contribution is 2.25. The molecule has 2 heterocycles. The summed E-state index contributed by atoms with van der Waals surface area (Å²) in [5.74, 6) is 1.73. The molecule has 1 aliphatic rings. The van der Waals surface area contributed by atoms with Gasteiger partial charge >= 0.3 is 0 Å². The van der Waals surface area contributed by atoms with E-state index in [1.165, 1.54) is 18.9 Å². The van der Waals surface area contributed by atoms with E-state index < -0.39 is 10.0 Å². The lowest BCUT2D eigenvalue weighted by Gasteiger charge is -2.31. The van der Waals surface area contributed by atoms with Crippen molar-refractivity contribution in [1.29, 1.82) is 0 Å². The number of nitrogens with one attached hydrogen (secondary N) is 1. The van der Waals surface area contributed by atoms with Crippen molar-refractivity contribution in [2.45, 2.75) is 31.6 Å². The highest BCUT2D eigenvalue weighted by Gasteiger charge is 2.18. The molecular weight excluding hydrogens is 350 g/mol. The number of benzene rings is 1. The molecule has 1 aromatic heterocycles. The molecule has 1 aliphatic heterocycles. The summed E-state index contributed by atoms with van der Waals surface area (Å²) >= 11 is 0. The molecule has 0 bridgehead atoms. The molecule has 0 amide bonds. The normalized spacial score (nSPS) is 15.7. The number of rotatable bonds is 5. The van der Waals surface area contributed by atoms with Gasteiger partial charge in [-0.15, -0.1) is 0 Å². The predicted octanol–water partition coefficient (Wildman–Crippen LogP) is 3.44. The standard InChI is InChI=1S/C19H25N3O3S/c1-14-8-10-22(11-9-14)16-4-7-19(20-13-16)21-26(23,24)17-5-6-18(25-3)15(2)12-17/h4-7,12-14H,8-11H2,1-3H3,(H,20,21). The molecule has 7 heteroatoms. The second-order valence-corrected chi connectivity index (χ2v) is 8.49. The van der Waals surface area contributed by atoms with Gasteiger partial charge in [-0.1, -0.05) is 6.92 Å². The molecular formula is C19H25N3O3S. The van der Waals surface area contributed by atoms with Gasteiger partial charge in [-0.25, -0.2) is 13.4 Å². The summed E-state index contributed by atoms with van der Waals surface area (Å²) in [4.78, 5) is 6.76. The Balaban J connectivity index is 1.72. The van der Waals surface area contributed by atoms with Crippen LogP contribution < -0.4 is 14.4 Å². The minimum atomic E-state index is -3.69. The Morgan fingerprint density at radius 3 is 2.50 bits per heavy atom. The van der Waals surface area contributed by atoms with Crippen molar-refractivity contribution in [1.82, 2.24) is 4.98 Å². The minimum absolute atomic E-state index is 0.187. The van der Waals surface area contributed by atoms with E-state index in [9.17, 15) is 8.42 Å². The van der Waals surface area contributed by atoms with Gasteiger partial charge in [-0.2, -0.15) is 0 Å². The lowest BCUT2D eigenvalue weighted by molar-refractivity contribution is 0.411. The lowest BCUT2D eigenvalue weighted by atomic mass is 9.99. The molecule has 0 unspecified atom stereocenters. The fraction of sp³-hybridized carbons (Fsp3) is 0.421. The number of piperidine rings is 1. The maximum absolute atomic E-state index is 12.6. The number of sulfonamides is 1. The van der Waals surface area contributed by atoms with Gasteiger partial charge in [0.1, 0.15) is 11.6 Å². The van der Waals surface area contributed by atoms with E-state index in [0.717, 1.165) is 30.3 Å². The van der Waals surface area contributed by atoms with Gasteiger partial charge in [0.05, 0.1) is 23.9 Å². The van der Waals surface area contributed by atoms with Crippen LogP contribution in [0, 0.1) is 12.8 Å². The molecule has 0 radical (unpaired) electrons. The van der Waals surface area contributed by atoms with E-state index in [-0.39, 0.29) is 4.90 Å². The summed E-state index contributed by atoms with van der Waals surface area (Å²) in [5.41, 5.74) is 1.79. The number of methoxy groups -OCH3 is 1. The van der Waals surface area contributed by atoms with E-state index in [0.29, 0.717) is 11.6 Å². The van der Waals surface area contributed by atoms with Crippen LogP contribution in [0.5, 0.6) is 5.75 Å². The van der Waals surface area contributed by atoms with E-state index in [4.69, 9.17) is 4.74 Å². The number of pyridine rings is 1. The number of aryl methyl sites for hydroxylation is 1. The third-order valence-electron chi connectivity index (χ3n) is 4.81. The van der Waals surface area contributed by atoms with Gasteiger partial charge in [-0.05, 0) is 61.6 Å². The van der Waals surface area contributed by atoms with Crippen molar-refractivity contribution in [3.05, 3.63) is 42.1 Å². The summed E-state index contributed by atoms with van der Waals surface area (Å²) in [5, 5.41) is 0. The molecule has 1 saturated heterocycles. The minimum Gasteiger partial charge on any atom is -0.496 e. The van der Waals surface area contributed by atoms with Crippen LogP contribution in [0.1, 0.15) is 25.3 Å². The summed E-state index contributed by atoms with van der Waals surface area (Å²) in [6.45, 7) is 6.11. The van der Waals surface area contributed by atoms with Gasteiger partial charge < -0.3 is 9.64 Å². The molecule has 0 atom stereocenters. The summed E-state index contributed by atoms with van der Waals surface area (Å²) in [7, 11) is -2.13. The van der Waals surface area contributed by atoms with Crippen LogP contribution in [0.3, 0.4) is 0 Å². The summed E-state index contributed by atoms with van der Waals surface area (Å²) in [6.07, 6.45) is 4.07. The summed E-state index contributed by atoms with van der Waals surface area (Å²) < 4.78 is 32.9. The van der Waals surface area contributed by atoms with Crippen molar-refractivity contribution in [3.8, 4) is 5.75 Å². The fourth-order valence-electron chi connectivity index (χ4n) is 3.11. The Bertz CT molecular complexity index is 858. The van der Waals surface area contributed by atoms with Crippen LogP contribution in [0.2, 0.25) is 0 Å². The third-order valence-corrected chi connectivity index (χ3v) is 6.16. The molecule has 1 fully saturated rings. The van der Waals surface area contributed by atoms with Crippen LogP contribution in [0.4, 0.5) is 11.5 Å². The van der Waals surface area contributed by atoms with Crippen molar-refractivity contribution in [3.63, 3.8) is 0 Å². The van der Waals surface area contributed by atoms with Crippen molar-refractivity contribution < 1.29 is 13.2 Å². The fourth-order valence-corrected chi connectivity index (χ4v) is 4.21. The monoisotopic (exact) mass is 375 g/mol. The Morgan fingerprint density at radius 2 is 1.92 bits per heavy atom. The second-order valence-electron chi connectivity index (χ2n) is 6.81. The van der Waals surface area contributed by atoms with E-state index in [2.05, 4.69) is 21.5 Å². The van der Waals surface area contributed by atoms with Crippen LogP contribution in [-0.4, -0.2) is 33.6 Å². The molecule has 0 aliphatic carbocycles. The molecule has 6 nitrogen and oxygen atoms in total. The average molecular weight is 375 g/mol. The van der Waals surface area contributed by atoms with Gasteiger partial charge in [0.2, 0.25) is 0 Å². The maximum Gasteiger partial charge on any atom is 0.263 e. The van der Waals surface area contributed by atoms with Gasteiger partial charge in [0.25, 0.3) is 10.0 Å². The van der Waals surface area contributed by atoms with Gasteiger partial charge in [0, 0.05) is 13.1 Å². The number of hydrogen-bond acceptors (Lipinski definition) is 5. The molecule has 26 heavy (non-hydrogen) atoms. The SMILES string of the molecule is COc1ccc(S(=O)(=O)Nc2ccc(N3CCC(C)CC3)cn2)cc1C. The molecule has 140 valence electrons. The van der Waals surface area contributed by atoms with Gasteiger partial charge in [0.15, 0.2) is 0 Å². The molecule has 0 spiro atoms. The maximum atomic E-state index is 12.6. The molecule has 1 aromatic carbocycles. The average Bonchev–Trinajstić information content (AvgIpc) is 2.63. The summed E-state index contributed by atoms with van der Waals surface area (Å²) in [6, 6.07) is 8.39. The van der Waals surface area contributed by atoms with E-state index in [1.807, 2.05) is 13.0 Å². The topological polar surface area (TPSA) is 71.5 Å². The van der Waals surface area contributed by atoms with Crippen molar-refractivity contribution >= 4 is 21.5 Å². The first-order chi connectivity index (χ1) is 12.4. The third kappa shape index (κ3) is 4.09. The number of ether oxygens (including phenoxy) is 1.